The van der Waals surface area contributed by atoms with Crippen LogP contribution in [0.5, 0.6) is 0 Å². The molecule has 12 fully saturated rings. The Hall–Kier alpha value is -9.42. The Kier molecular flexibility index (Phi) is 20.3. The molecule has 0 bridgehead atoms. The van der Waals surface area contributed by atoms with Crippen LogP contribution in [0.2, 0.25) is 0 Å². The van der Waals surface area contributed by atoms with Gasteiger partial charge in [-0.3, -0.25) is 89.5 Å². The summed E-state index contributed by atoms with van der Waals surface area (Å²) >= 11 is 6.98. The average molecular weight is 1720 g/mol. The van der Waals surface area contributed by atoms with Crippen LogP contribution >= 0.6 is 45.3 Å². The Balaban J connectivity index is 0.0000000952. The molecule has 0 N–H and O–H groups in total. The van der Waals surface area contributed by atoms with Gasteiger partial charge in [-0.05, 0) is 195 Å². The van der Waals surface area contributed by atoms with Crippen molar-refractivity contribution < 1.29 is 67.1 Å². The maximum atomic E-state index is 12.3. The lowest BCUT2D eigenvalue weighted by molar-refractivity contribution is -0.489. The van der Waals surface area contributed by atoms with E-state index in [9.17, 15) is 89.5 Å². The fourth-order valence-electron chi connectivity index (χ4n) is 28.1. The van der Waals surface area contributed by atoms with Crippen LogP contribution < -0.4 is 0 Å². The molecule has 18 heterocycles. The van der Waals surface area contributed by atoms with E-state index in [1.54, 1.807) is 57.9 Å². The summed E-state index contributed by atoms with van der Waals surface area (Å²) in [5, 5.41) is 73.7. The van der Waals surface area contributed by atoms with Crippen molar-refractivity contribution in [1.82, 2.24) is 29.4 Å². The van der Waals surface area contributed by atoms with Gasteiger partial charge < -0.3 is 38.2 Å². The van der Waals surface area contributed by atoms with E-state index in [-0.39, 0.29) is 203 Å². The van der Waals surface area contributed by atoms with E-state index < -0.39 is 5.54 Å². The average Bonchev–Trinajstić information content (AvgIpc) is 1.58. The standard InChI is InChI=1S/2C14H16N2O4.4C14H16N2O3S/c17-12-7-11-10(8-16(18)19)1-4-14(11)13-9(3-6-20-13)2-5-15(12)14;17-13-7-11-9(8-16(18)19)1-4-14(11)10-3-6-20-12(10)2-5-15(13)14;2*17-12-7-11-10(8-16(18)19)1-4-14(11)13-9(3-6-20-13)2-5-15(12)14;2*17-13-7-11-9(8-16(18)19)1-4-14(11)10-3-6-20-12(10)2-5-15(13)14/h3,6,10-11H,1-2,4-5,7-8H2;3,6,9,11H,1-2,4-5,7-8H2;2*3,6,10-11H,1-2,4-5,7-8H2;2*3,6,9,11H,1-2,4-5,7-8H2/t10-,11-,14+;9-,11-,14-;10-,11-,14?;10-,11-,14+;2*9-,11-,14-/m000000/s1. The molecule has 18 atom stereocenters. The number of fused-ring (bicyclic) bond motifs is 6. The lowest BCUT2D eigenvalue weighted by Crippen LogP contribution is -2.49. The Morgan fingerprint density at radius 3 is 0.975 bits per heavy atom. The number of nitro groups is 6. The molecular weight excluding hydrogens is 1630 g/mol. The van der Waals surface area contributed by atoms with Gasteiger partial charge in [-0.25, -0.2) is 0 Å². The SMILES string of the molecule is O=C1C[C@H]2[C@H](C[N+](=O)[O-])CCC23c2sccc2CCN13.O=C1C[C@H]2[C@H](C[N+](=O)[O-])CC[C@]23c2ccoc2CCN13.O=C1C[C@H]2[C@H](C[N+](=O)[O-])CC[C@]23c2ccsc2CCN13.O=C1C[C@H]2[C@H](C[N+](=O)[O-])CC[C@]23c2ccsc2CCN13.O=C1C[C@H]2[C@H](C[N+](=O)[O-])CC[C@]23c2occc2CCN13.O=C1C[C@H]2[C@H](C[N+](=O)[O-])CC[C@]23c2sccc2CCN13. The maximum Gasteiger partial charge on any atom is 0.223 e. The number of hydrogen-bond acceptors (Lipinski definition) is 24. The maximum absolute atomic E-state index is 12.3. The summed E-state index contributed by atoms with van der Waals surface area (Å²) in [4.78, 5) is 155. The van der Waals surface area contributed by atoms with Gasteiger partial charge in [0.05, 0.1) is 40.2 Å². The van der Waals surface area contributed by atoms with Gasteiger partial charge in [0.2, 0.25) is 74.7 Å². The van der Waals surface area contributed by atoms with Gasteiger partial charge in [0.1, 0.15) is 17.1 Å². The van der Waals surface area contributed by atoms with Crippen molar-refractivity contribution in [3.05, 3.63) is 196 Å². The highest BCUT2D eigenvalue weighted by Gasteiger charge is 2.69. The molecule has 6 saturated heterocycles. The molecule has 6 amide bonds. The van der Waals surface area contributed by atoms with Crippen molar-refractivity contribution >= 4 is 80.8 Å². The molecular formula is C84H96N12O20S4. The second kappa shape index (κ2) is 30.3. The highest BCUT2D eigenvalue weighted by molar-refractivity contribution is 7.11. The monoisotopic (exact) mass is 1720 g/mol. The second-order valence-corrected chi connectivity index (χ2v) is 40.5. The summed E-state index contributed by atoms with van der Waals surface area (Å²) in [7, 11) is 0. The molecule has 0 radical (unpaired) electrons. The molecule has 1 unspecified atom stereocenters. The van der Waals surface area contributed by atoms with Crippen molar-refractivity contribution in [2.75, 3.05) is 78.5 Å². The lowest BCUT2D eigenvalue weighted by atomic mass is 9.76. The Morgan fingerprint density at radius 2 is 0.600 bits per heavy atom. The summed E-state index contributed by atoms with van der Waals surface area (Å²) in [6.45, 7) is 4.50. The molecule has 0 aromatic carbocycles. The minimum Gasteiger partial charge on any atom is -0.469 e. The quantitative estimate of drug-likeness (QED) is 0.0811. The van der Waals surface area contributed by atoms with Crippen molar-refractivity contribution in [3.8, 4) is 0 Å². The molecule has 24 rings (SSSR count). The van der Waals surface area contributed by atoms with Crippen LogP contribution in [-0.2, 0) is 101 Å². The largest absolute Gasteiger partial charge is 0.469 e. The normalized spacial score (nSPS) is 34.8. The van der Waals surface area contributed by atoms with E-state index in [0.717, 1.165) is 159 Å². The summed E-state index contributed by atoms with van der Waals surface area (Å²) in [5.41, 5.74) is 5.99. The molecule has 18 aliphatic rings. The highest BCUT2D eigenvalue weighted by Crippen LogP contribution is 2.66. The van der Waals surface area contributed by atoms with Crippen molar-refractivity contribution in [2.45, 2.75) is 187 Å². The Bertz CT molecular complexity index is 4400. The third-order valence-corrected chi connectivity index (χ3v) is 36.6. The van der Waals surface area contributed by atoms with Crippen LogP contribution in [0.4, 0.5) is 0 Å². The number of carbonyl (C=O) groups excluding carboxylic acids is 6. The smallest absolute Gasteiger partial charge is 0.223 e. The van der Waals surface area contributed by atoms with E-state index in [0.29, 0.717) is 51.6 Å². The molecule has 6 aromatic heterocycles. The number of amides is 6. The fourth-order valence-corrected chi connectivity index (χ4v) is 32.5. The molecule has 636 valence electrons. The van der Waals surface area contributed by atoms with E-state index in [2.05, 4.69) is 45.8 Å². The van der Waals surface area contributed by atoms with E-state index in [4.69, 9.17) is 8.83 Å². The van der Waals surface area contributed by atoms with Crippen LogP contribution in [0.25, 0.3) is 0 Å². The lowest BCUT2D eigenvalue weighted by Gasteiger charge is -2.43. The van der Waals surface area contributed by atoms with Crippen LogP contribution in [0.3, 0.4) is 0 Å². The van der Waals surface area contributed by atoms with E-state index in [1.165, 1.54) is 47.3 Å². The first kappa shape index (κ1) is 80.3. The molecule has 120 heavy (non-hydrogen) atoms. The molecule has 32 nitrogen and oxygen atoms in total. The zero-order chi connectivity index (χ0) is 83.4. The number of carbonyl (C=O) groups is 6. The van der Waals surface area contributed by atoms with E-state index >= 15 is 0 Å². The number of rotatable bonds is 12. The van der Waals surface area contributed by atoms with Crippen LogP contribution in [0.15, 0.2) is 79.3 Å². The first-order valence-electron chi connectivity index (χ1n) is 42.7. The molecule has 6 spiro atoms. The molecule has 12 aliphatic heterocycles. The predicted octanol–water partition coefficient (Wildman–Crippen LogP) is 11.3. The minimum absolute atomic E-state index is 0.000185. The number of furan rings is 2. The van der Waals surface area contributed by atoms with Crippen molar-refractivity contribution in [3.63, 3.8) is 0 Å². The summed E-state index contributed by atoms with van der Waals surface area (Å²) in [5.74, 6) is 3.72. The summed E-state index contributed by atoms with van der Waals surface area (Å²) < 4.78 is 11.3. The van der Waals surface area contributed by atoms with Gasteiger partial charge in [-0.15, -0.1) is 45.3 Å². The summed E-state index contributed by atoms with van der Waals surface area (Å²) in [6, 6.07) is 12.5. The fraction of sp³-hybridized carbons (Fsp3) is 0.643. The zero-order valence-corrected chi connectivity index (χ0v) is 69.7. The molecule has 6 saturated carbocycles. The topological polar surface area (TPSA) is 407 Å². The first-order valence-corrected chi connectivity index (χ1v) is 46.2. The van der Waals surface area contributed by atoms with Crippen LogP contribution in [0.1, 0.15) is 180 Å². The molecule has 6 aromatic rings. The van der Waals surface area contributed by atoms with E-state index in [1.807, 2.05) is 41.5 Å². The number of thiophene rings is 4. The molecule has 36 heteroatoms. The van der Waals surface area contributed by atoms with Gasteiger partial charge in [0.25, 0.3) is 0 Å². The van der Waals surface area contributed by atoms with Crippen molar-refractivity contribution in [1.29, 1.82) is 0 Å². The van der Waals surface area contributed by atoms with Gasteiger partial charge in [-0.2, -0.15) is 0 Å². The van der Waals surface area contributed by atoms with Gasteiger partial charge in [0.15, 0.2) is 0 Å². The Labute approximate surface area is 705 Å². The second-order valence-electron chi connectivity index (χ2n) is 36.7. The van der Waals surface area contributed by atoms with Gasteiger partial charge in [0, 0.05) is 210 Å². The highest BCUT2D eigenvalue weighted by atomic mass is 32.1. The first-order chi connectivity index (χ1) is 57.8. The Morgan fingerprint density at radius 1 is 0.317 bits per heavy atom. The van der Waals surface area contributed by atoms with Gasteiger partial charge >= 0.3 is 0 Å². The number of hydrogen-bond donors (Lipinski definition) is 0. The third kappa shape index (κ3) is 12.2. The molecule has 6 aliphatic carbocycles. The van der Waals surface area contributed by atoms with Crippen LogP contribution in [0, 0.1) is 132 Å². The summed E-state index contributed by atoms with van der Waals surface area (Å²) in [6.07, 6.45) is 21.8. The van der Waals surface area contributed by atoms with Gasteiger partial charge in [-0.1, -0.05) is 0 Å². The van der Waals surface area contributed by atoms with Crippen LogP contribution in [-0.4, -0.2) is 173 Å². The third-order valence-electron chi connectivity index (χ3n) is 32.4. The minimum atomic E-state index is -0.394. The zero-order valence-electron chi connectivity index (χ0n) is 66.5. The number of nitrogens with zero attached hydrogens (tertiary/aromatic N) is 12. The predicted molar refractivity (Wildman–Crippen MR) is 433 cm³/mol. The van der Waals surface area contributed by atoms with Crippen molar-refractivity contribution in [2.24, 2.45) is 71.0 Å².